The molecule has 0 aliphatic carbocycles. The molecule has 4 rings (SSSR count). The molecule has 154 valence electrons. The molecule has 0 aromatic carbocycles. The molecule has 1 amide bonds. The van der Waals surface area contributed by atoms with Gasteiger partial charge < -0.3 is 14.8 Å². The minimum Gasteiger partial charge on any atom is -0.492 e. The van der Waals surface area contributed by atoms with Crippen molar-refractivity contribution in [1.29, 1.82) is 0 Å². The minimum atomic E-state index is -0.192. The molecule has 0 spiro atoms. The van der Waals surface area contributed by atoms with Gasteiger partial charge in [-0.25, -0.2) is 9.97 Å². The van der Waals surface area contributed by atoms with Crippen molar-refractivity contribution < 1.29 is 14.3 Å². The summed E-state index contributed by atoms with van der Waals surface area (Å²) in [7, 11) is 0. The molecule has 1 aliphatic rings. The van der Waals surface area contributed by atoms with Crippen molar-refractivity contribution in [1.82, 2.24) is 25.3 Å². The van der Waals surface area contributed by atoms with Crippen LogP contribution in [0.1, 0.15) is 35.0 Å². The maximum Gasteiger partial charge on any atom is 0.254 e. The Morgan fingerprint density at radius 2 is 2.10 bits per heavy atom. The molecular weight excluding hydrogens is 382 g/mol. The normalized spacial score (nSPS) is 15.7. The lowest BCUT2D eigenvalue weighted by molar-refractivity contribution is 0.0929. The number of nitrogens with one attached hydrogen (secondary N) is 1. The highest BCUT2D eigenvalue weighted by Crippen LogP contribution is 2.21. The van der Waals surface area contributed by atoms with Crippen LogP contribution in [0, 0.1) is 0 Å². The van der Waals surface area contributed by atoms with Gasteiger partial charge in [0.05, 0.1) is 30.5 Å². The topological polar surface area (TPSA) is 99.1 Å². The fourth-order valence-electron chi connectivity index (χ4n) is 3.25. The Balaban J connectivity index is 1.48. The molecule has 8 heteroatoms. The molecule has 1 saturated heterocycles. The van der Waals surface area contributed by atoms with E-state index in [4.69, 9.17) is 9.47 Å². The number of carbonyl (C=O) groups excluding carboxylic acids is 1. The second-order valence-corrected chi connectivity index (χ2v) is 6.97. The van der Waals surface area contributed by atoms with Gasteiger partial charge in [-0.15, -0.1) is 0 Å². The number of aromatic nitrogens is 4. The number of ether oxygens (including phenoxy) is 2. The molecular formula is C22H23N5O3. The van der Waals surface area contributed by atoms with Crippen LogP contribution in [0.4, 0.5) is 0 Å². The van der Waals surface area contributed by atoms with E-state index in [1.54, 1.807) is 18.6 Å². The van der Waals surface area contributed by atoms with Crippen LogP contribution in [0.2, 0.25) is 0 Å². The van der Waals surface area contributed by atoms with E-state index in [1.165, 1.54) is 12.4 Å². The van der Waals surface area contributed by atoms with Gasteiger partial charge in [-0.2, -0.15) is 0 Å². The van der Waals surface area contributed by atoms with Crippen LogP contribution in [0.15, 0.2) is 49.2 Å². The lowest BCUT2D eigenvalue weighted by Crippen LogP contribution is -2.35. The zero-order valence-corrected chi connectivity index (χ0v) is 16.7. The highest BCUT2D eigenvalue weighted by Gasteiger charge is 2.19. The monoisotopic (exact) mass is 405 g/mol. The lowest BCUT2D eigenvalue weighted by atomic mass is 10.1. The second-order valence-electron chi connectivity index (χ2n) is 6.97. The Bertz CT molecular complexity index is 1000. The Morgan fingerprint density at radius 1 is 1.23 bits per heavy atom. The van der Waals surface area contributed by atoms with E-state index in [1.807, 2.05) is 25.1 Å². The molecule has 30 heavy (non-hydrogen) atoms. The van der Waals surface area contributed by atoms with Crippen molar-refractivity contribution >= 4 is 5.91 Å². The molecule has 8 nitrogen and oxygen atoms in total. The molecule has 1 atom stereocenters. The quantitative estimate of drug-likeness (QED) is 0.644. The average molecular weight is 405 g/mol. The van der Waals surface area contributed by atoms with Gasteiger partial charge >= 0.3 is 0 Å². The van der Waals surface area contributed by atoms with Crippen molar-refractivity contribution in [2.75, 3.05) is 19.8 Å². The van der Waals surface area contributed by atoms with Gasteiger partial charge in [0.25, 0.3) is 5.91 Å². The van der Waals surface area contributed by atoms with Crippen LogP contribution in [0.25, 0.3) is 11.4 Å². The molecule has 3 aromatic rings. The first kappa shape index (κ1) is 19.9. The van der Waals surface area contributed by atoms with E-state index in [-0.39, 0.29) is 11.9 Å². The summed E-state index contributed by atoms with van der Waals surface area (Å²) >= 11 is 0. The standard InChI is InChI=1S/C22H23N5O3/c1-2-30-20-4-3-6-24-19(20)9-15-8-16(11-23-10-15)21-25-12-17(13-26-21)22(28)27-18-5-7-29-14-18/h3-4,6,8,10-13,18H,2,5,7,9,14H2,1H3,(H,27,28)/t18-/m0/s1. The third-order valence-electron chi connectivity index (χ3n) is 4.75. The van der Waals surface area contributed by atoms with E-state index in [9.17, 15) is 4.79 Å². The van der Waals surface area contributed by atoms with Crippen LogP contribution in [-0.4, -0.2) is 51.7 Å². The summed E-state index contributed by atoms with van der Waals surface area (Å²) in [4.78, 5) is 29.8. The smallest absolute Gasteiger partial charge is 0.254 e. The van der Waals surface area contributed by atoms with E-state index >= 15 is 0 Å². The molecule has 1 aliphatic heterocycles. The molecule has 0 bridgehead atoms. The fraction of sp³-hybridized carbons (Fsp3) is 0.318. The Kier molecular flexibility index (Phi) is 6.24. The van der Waals surface area contributed by atoms with Gasteiger partial charge in [-0.3, -0.25) is 14.8 Å². The predicted octanol–water partition coefficient (Wildman–Crippen LogP) is 2.44. The van der Waals surface area contributed by atoms with Gasteiger partial charge in [-0.1, -0.05) is 0 Å². The molecule has 1 fully saturated rings. The number of rotatable bonds is 7. The highest BCUT2D eigenvalue weighted by molar-refractivity contribution is 5.93. The molecule has 0 saturated carbocycles. The van der Waals surface area contributed by atoms with Crippen LogP contribution >= 0.6 is 0 Å². The molecule has 0 radical (unpaired) electrons. The number of amides is 1. The van der Waals surface area contributed by atoms with Gasteiger partial charge in [0.15, 0.2) is 5.82 Å². The SMILES string of the molecule is CCOc1cccnc1Cc1cncc(-c2ncc(C(=O)N[C@H]3CCOC3)cn2)c1. The first-order valence-corrected chi connectivity index (χ1v) is 9.94. The van der Waals surface area contributed by atoms with Crippen molar-refractivity contribution in [2.45, 2.75) is 25.8 Å². The number of pyridine rings is 2. The molecule has 0 unspecified atom stereocenters. The van der Waals surface area contributed by atoms with Crippen LogP contribution in [0.5, 0.6) is 5.75 Å². The van der Waals surface area contributed by atoms with Gasteiger partial charge in [0.1, 0.15) is 5.75 Å². The number of carbonyl (C=O) groups is 1. The predicted molar refractivity (Wildman–Crippen MR) is 110 cm³/mol. The van der Waals surface area contributed by atoms with Crippen molar-refractivity contribution in [2.24, 2.45) is 0 Å². The van der Waals surface area contributed by atoms with E-state index in [0.717, 1.165) is 29.0 Å². The second kappa shape index (κ2) is 9.41. The van der Waals surface area contributed by atoms with E-state index < -0.39 is 0 Å². The lowest BCUT2D eigenvalue weighted by Gasteiger charge is -2.10. The van der Waals surface area contributed by atoms with Crippen LogP contribution < -0.4 is 10.1 Å². The maximum atomic E-state index is 12.3. The highest BCUT2D eigenvalue weighted by atomic mass is 16.5. The van der Waals surface area contributed by atoms with Crippen LogP contribution in [-0.2, 0) is 11.2 Å². The summed E-state index contributed by atoms with van der Waals surface area (Å²) in [6.07, 6.45) is 9.72. The summed E-state index contributed by atoms with van der Waals surface area (Å²) in [6, 6.07) is 5.79. The summed E-state index contributed by atoms with van der Waals surface area (Å²) < 4.78 is 10.9. The van der Waals surface area contributed by atoms with Crippen molar-refractivity contribution in [3.8, 4) is 17.1 Å². The first-order valence-electron chi connectivity index (χ1n) is 9.94. The van der Waals surface area contributed by atoms with Crippen LogP contribution in [0.3, 0.4) is 0 Å². The third kappa shape index (κ3) is 4.77. The summed E-state index contributed by atoms with van der Waals surface area (Å²) in [6.45, 7) is 3.75. The van der Waals surface area contributed by atoms with Crippen molar-refractivity contribution in [3.05, 3.63) is 66.0 Å². The fourth-order valence-corrected chi connectivity index (χ4v) is 3.25. The van der Waals surface area contributed by atoms with Gasteiger partial charge in [-0.05, 0) is 37.1 Å². The molecule has 3 aromatic heterocycles. The van der Waals surface area contributed by atoms with E-state index in [0.29, 0.717) is 37.6 Å². The number of hydrogen-bond donors (Lipinski definition) is 1. The molecule has 1 N–H and O–H groups in total. The van der Waals surface area contributed by atoms with Crippen molar-refractivity contribution in [3.63, 3.8) is 0 Å². The number of nitrogens with zero attached hydrogens (tertiary/aromatic N) is 4. The Hall–Kier alpha value is -3.39. The maximum absolute atomic E-state index is 12.3. The summed E-state index contributed by atoms with van der Waals surface area (Å²) in [5.74, 6) is 1.09. The van der Waals surface area contributed by atoms with Gasteiger partial charge in [0.2, 0.25) is 0 Å². The Labute approximate surface area is 174 Å². The minimum absolute atomic E-state index is 0.0474. The zero-order valence-electron chi connectivity index (χ0n) is 16.7. The Morgan fingerprint density at radius 3 is 2.87 bits per heavy atom. The van der Waals surface area contributed by atoms with Gasteiger partial charge in [0, 0.05) is 49.6 Å². The first-order chi connectivity index (χ1) is 14.7. The summed E-state index contributed by atoms with van der Waals surface area (Å²) in [5.41, 5.74) is 3.02. The number of hydrogen-bond acceptors (Lipinski definition) is 7. The largest absolute Gasteiger partial charge is 0.492 e. The molecule has 4 heterocycles. The third-order valence-corrected chi connectivity index (χ3v) is 4.75. The zero-order chi connectivity index (χ0) is 20.8. The average Bonchev–Trinajstić information content (AvgIpc) is 3.29. The summed E-state index contributed by atoms with van der Waals surface area (Å²) in [5, 5.41) is 2.93. The van der Waals surface area contributed by atoms with E-state index in [2.05, 4.69) is 25.3 Å².